The number of nitrogens with zero attached hydrogens (tertiary/aromatic N) is 2. The molecule has 1 aliphatic rings. The molecule has 1 saturated carbocycles. The van der Waals surface area contributed by atoms with Crippen LogP contribution in [0.5, 0.6) is 0 Å². The quantitative estimate of drug-likeness (QED) is 0.517. The van der Waals surface area contributed by atoms with E-state index in [1.807, 2.05) is 7.05 Å². The minimum Gasteiger partial charge on any atom is -0.370 e. The number of hydrogen-bond acceptors (Lipinski definition) is 2. The molecule has 5 heteroatoms. The Bertz CT molecular complexity index is 371. The average Bonchev–Trinajstić information content (AvgIpc) is 2.99. The molecule has 0 saturated heterocycles. The lowest BCUT2D eigenvalue weighted by atomic mass is 10.3. The highest BCUT2D eigenvalue weighted by Crippen LogP contribution is 2.25. The van der Waals surface area contributed by atoms with Gasteiger partial charge < -0.3 is 10.6 Å². The van der Waals surface area contributed by atoms with Crippen LogP contribution in [0.4, 0.5) is 0 Å². The van der Waals surface area contributed by atoms with Crippen molar-refractivity contribution in [1.29, 1.82) is 0 Å². The van der Waals surface area contributed by atoms with Crippen LogP contribution in [-0.4, -0.2) is 23.9 Å². The first-order valence-electron chi connectivity index (χ1n) is 5.24. The molecular weight excluding hydrogens is 333 g/mol. The molecule has 0 atom stereocenters. The van der Waals surface area contributed by atoms with Gasteiger partial charge in [-0.1, -0.05) is 0 Å². The van der Waals surface area contributed by atoms with Gasteiger partial charge in [0.05, 0.1) is 6.54 Å². The zero-order valence-electron chi connectivity index (χ0n) is 9.64. The lowest BCUT2D eigenvalue weighted by molar-refractivity contribution is 0.487. The highest BCUT2D eigenvalue weighted by Gasteiger charge is 2.27. The first-order valence-corrected chi connectivity index (χ1v) is 6.12. The summed E-state index contributed by atoms with van der Waals surface area (Å²) in [6.07, 6.45) is 2.51. The summed E-state index contributed by atoms with van der Waals surface area (Å²) in [6.45, 7) is 2.83. The lowest BCUT2D eigenvalue weighted by Gasteiger charge is -2.16. The van der Waals surface area contributed by atoms with Gasteiger partial charge in [-0.3, -0.25) is 0 Å². The number of halogens is 1. The van der Waals surface area contributed by atoms with Gasteiger partial charge in [-0.15, -0.1) is 35.3 Å². The Hall–Kier alpha value is -0.300. The predicted molar refractivity (Wildman–Crippen MR) is 80.6 cm³/mol. The second-order valence-electron chi connectivity index (χ2n) is 4.04. The summed E-state index contributed by atoms with van der Waals surface area (Å²) in [5.41, 5.74) is 7.22. The minimum absolute atomic E-state index is 0. The van der Waals surface area contributed by atoms with Crippen LogP contribution in [0.1, 0.15) is 23.3 Å². The summed E-state index contributed by atoms with van der Waals surface area (Å²) in [7, 11) is 2.03. The summed E-state index contributed by atoms with van der Waals surface area (Å²) >= 11 is 1.75. The molecule has 0 amide bonds. The van der Waals surface area contributed by atoms with Crippen LogP contribution >= 0.6 is 35.3 Å². The number of hydrogen-bond donors (Lipinski definition) is 1. The molecule has 0 aliphatic heterocycles. The molecule has 1 fully saturated rings. The minimum atomic E-state index is 0. The first-order chi connectivity index (χ1) is 7.18. The van der Waals surface area contributed by atoms with Gasteiger partial charge in [-0.25, -0.2) is 4.99 Å². The molecule has 0 radical (unpaired) electrons. The van der Waals surface area contributed by atoms with E-state index in [0.29, 0.717) is 18.5 Å². The first kappa shape index (κ1) is 13.8. The number of rotatable bonds is 3. The van der Waals surface area contributed by atoms with E-state index in [1.165, 1.54) is 23.3 Å². The van der Waals surface area contributed by atoms with Crippen molar-refractivity contribution < 1.29 is 0 Å². The van der Waals surface area contributed by atoms with Gasteiger partial charge >= 0.3 is 0 Å². The number of nitrogens with two attached hydrogens (primary N) is 1. The second kappa shape index (κ2) is 5.86. The third-order valence-corrected chi connectivity index (χ3v) is 3.82. The van der Waals surface area contributed by atoms with Crippen molar-refractivity contribution in [2.75, 3.05) is 7.05 Å². The topological polar surface area (TPSA) is 41.6 Å². The van der Waals surface area contributed by atoms with E-state index in [1.54, 1.807) is 11.3 Å². The molecule has 1 heterocycles. The fraction of sp³-hybridized carbons (Fsp3) is 0.545. The maximum absolute atomic E-state index is 5.91. The maximum atomic E-state index is 5.91. The van der Waals surface area contributed by atoms with Gasteiger partial charge in [0, 0.05) is 18.0 Å². The summed E-state index contributed by atoms with van der Waals surface area (Å²) in [6, 6.07) is 2.76. The average molecular weight is 351 g/mol. The Labute approximate surface area is 118 Å². The fourth-order valence-electron chi connectivity index (χ4n) is 1.48. The zero-order valence-corrected chi connectivity index (χ0v) is 12.8. The van der Waals surface area contributed by atoms with E-state index < -0.39 is 0 Å². The summed E-state index contributed by atoms with van der Waals surface area (Å²) < 4.78 is 0. The maximum Gasteiger partial charge on any atom is 0.191 e. The second-order valence-corrected chi connectivity index (χ2v) is 5.04. The SMILES string of the molecule is Cc1ccsc1CN=C(N)N(C)C1CC1.I. The van der Waals surface area contributed by atoms with Crippen LogP contribution in [0, 0.1) is 6.92 Å². The number of aliphatic imine (C=N–C) groups is 1. The van der Waals surface area contributed by atoms with Gasteiger partial charge in [0.2, 0.25) is 0 Å². The van der Waals surface area contributed by atoms with E-state index in [4.69, 9.17) is 5.73 Å². The molecule has 16 heavy (non-hydrogen) atoms. The van der Waals surface area contributed by atoms with E-state index in [9.17, 15) is 0 Å². The largest absolute Gasteiger partial charge is 0.370 e. The number of guanidine groups is 1. The molecule has 2 rings (SSSR count). The number of thiophene rings is 1. The lowest BCUT2D eigenvalue weighted by Crippen LogP contribution is -2.35. The van der Waals surface area contributed by atoms with Crippen LogP contribution in [0.15, 0.2) is 16.4 Å². The molecule has 1 aromatic rings. The molecule has 1 aliphatic carbocycles. The molecule has 0 spiro atoms. The standard InChI is InChI=1S/C11H17N3S.HI/c1-8-5-6-15-10(8)7-13-11(12)14(2)9-3-4-9;/h5-6,9H,3-4,7H2,1-2H3,(H2,12,13);1H. The number of aryl methyl sites for hydroxylation is 1. The van der Waals surface area contributed by atoms with Crippen molar-refractivity contribution in [2.45, 2.75) is 32.4 Å². The normalized spacial score (nSPS) is 15.8. The summed E-state index contributed by atoms with van der Waals surface area (Å²) in [5.74, 6) is 0.672. The van der Waals surface area contributed by atoms with E-state index in [0.717, 1.165) is 0 Å². The van der Waals surface area contributed by atoms with Crippen molar-refractivity contribution in [2.24, 2.45) is 10.7 Å². The van der Waals surface area contributed by atoms with Crippen LogP contribution in [0.25, 0.3) is 0 Å². The molecule has 3 nitrogen and oxygen atoms in total. The molecule has 1 aromatic heterocycles. The Morgan fingerprint density at radius 1 is 1.62 bits per heavy atom. The van der Waals surface area contributed by atoms with Crippen LogP contribution in [0.3, 0.4) is 0 Å². The van der Waals surface area contributed by atoms with Crippen LogP contribution in [-0.2, 0) is 6.54 Å². The Morgan fingerprint density at radius 2 is 2.31 bits per heavy atom. The molecule has 2 N–H and O–H groups in total. The van der Waals surface area contributed by atoms with Crippen LogP contribution < -0.4 is 5.73 Å². The monoisotopic (exact) mass is 351 g/mol. The van der Waals surface area contributed by atoms with Gasteiger partial charge in [0.15, 0.2) is 5.96 Å². The van der Waals surface area contributed by atoms with Crippen molar-refractivity contribution in [3.8, 4) is 0 Å². The zero-order chi connectivity index (χ0) is 10.8. The highest BCUT2D eigenvalue weighted by atomic mass is 127. The Morgan fingerprint density at radius 3 is 2.81 bits per heavy atom. The Balaban J connectivity index is 0.00000128. The van der Waals surface area contributed by atoms with Gasteiger partial charge in [-0.2, -0.15) is 0 Å². The van der Waals surface area contributed by atoms with Gasteiger partial charge in [0.1, 0.15) is 0 Å². The molecule has 0 aromatic carbocycles. The van der Waals surface area contributed by atoms with Crippen molar-refractivity contribution in [3.05, 3.63) is 21.9 Å². The molecule has 0 unspecified atom stereocenters. The summed E-state index contributed by atoms with van der Waals surface area (Å²) in [5, 5.41) is 2.10. The van der Waals surface area contributed by atoms with Crippen LogP contribution in [0.2, 0.25) is 0 Å². The highest BCUT2D eigenvalue weighted by molar-refractivity contribution is 14.0. The molecule has 0 bridgehead atoms. The van der Waals surface area contributed by atoms with Crippen molar-refractivity contribution >= 4 is 41.3 Å². The van der Waals surface area contributed by atoms with Crippen molar-refractivity contribution in [1.82, 2.24) is 4.90 Å². The van der Waals surface area contributed by atoms with E-state index in [2.05, 4.69) is 28.3 Å². The van der Waals surface area contributed by atoms with E-state index in [-0.39, 0.29) is 24.0 Å². The van der Waals surface area contributed by atoms with E-state index >= 15 is 0 Å². The third kappa shape index (κ3) is 3.35. The smallest absolute Gasteiger partial charge is 0.191 e. The molecular formula is C11H18IN3S. The third-order valence-electron chi connectivity index (χ3n) is 2.81. The summed E-state index contributed by atoms with van der Waals surface area (Å²) in [4.78, 5) is 7.81. The van der Waals surface area contributed by atoms with Gasteiger partial charge in [0.25, 0.3) is 0 Å². The van der Waals surface area contributed by atoms with Gasteiger partial charge in [-0.05, 0) is 36.8 Å². The van der Waals surface area contributed by atoms with Crippen molar-refractivity contribution in [3.63, 3.8) is 0 Å². The fourth-order valence-corrected chi connectivity index (χ4v) is 2.31. The predicted octanol–water partition coefficient (Wildman–Crippen LogP) is 2.58. The molecule has 90 valence electrons. The Kier molecular flexibility index (Phi) is 5.04.